The Hall–Kier alpha value is -0.410. The van der Waals surface area contributed by atoms with E-state index in [1.807, 2.05) is 11.3 Å². The van der Waals surface area contributed by atoms with E-state index in [4.69, 9.17) is 4.98 Å². The van der Waals surface area contributed by atoms with Crippen LogP contribution in [-0.4, -0.2) is 11.0 Å². The van der Waals surface area contributed by atoms with Crippen molar-refractivity contribution in [2.24, 2.45) is 5.41 Å². The molecule has 0 amide bonds. The van der Waals surface area contributed by atoms with E-state index >= 15 is 0 Å². The molecule has 2 saturated carbocycles. The second kappa shape index (κ2) is 4.54. The Kier molecular flexibility index (Phi) is 3.01. The molecule has 0 bridgehead atoms. The molecule has 3 heteroatoms. The number of fused-ring (bicyclic) bond motifs is 1. The molecule has 110 valence electrons. The van der Waals surface area contributed by atoms with Gasteiger partial charge in [-0.2, -0.15) is 0 Å². The minimum atomic E-state index is 0.163. The first kappa shape index (κ1) is 13.3. The van der Waals surface area contributed by atoms with Crippen molar-refractivity contribution in [1.82, 2.24) is 10.3 Å². The molecule has 0 saturated heterocycles. The zero-order chi connectivity index (χ0) is 13.8. The molecule has 0 radical (unpaired) electrons. The fourth-order valence-electron chi connectivity index (χ4n) is 4.18. The van der Waals surface area contributed by atoms with Gasteiger partial charge in [0, 0.05) is 10.9 Å². The number of rotatable bonds is 3. The zero-order valence-electron chi connectivity index (χ0n) is 12.8. The maximum absolute atomic E-state index is 5.14. The van der Waals surface area contributed by atoms with Crippen LogP contribution in [-0.2, 0) is 18.4 Å². The molecule has 1 heterocycles. The van der Waals surface area contributed by atoms with Crippen LogP contribution in [0.15, 0.2) is 0 Å². The van der Waals surface area contributed by atoms with Crippen LogP contribution in [0.25, 0.3) is 0 Å². The van der Waals surface area contributed by atoms with Crippen molar-refractivity contribution in [3.63, 3.8) is 0 Å². The maximum Gasteiger partial charge on any atom is 0.114 e. The van der Waals surface area contributed by atoms with Crippen LogP contribution in [0.5, 0.6) is 0 Å². The van der Waals surface area contributed by atoms with Crippen LogP contribution < -0.4 is 5.32 Å². The maximum atomic E-state index is 5.14. The lowest BCUT2D eigenvalue weighted by atomic mass is 9.75. The lowest BCUT2D eigenvalue weighted by molar-refractivity contribution is 0.153. The van der Waals surface area contributed by atoms with Crippen molar-refractivity contribution in [3.05, 3.63) is 15.6 Å². The molecule has 1 atom stereocenters. The fourth-order valence-corrected chi connectivity index (χ4v) is 5.70. The lowest BCUT2D eigenvalue weighted by Crippen LogP contribution is -2.50. The molecular weight excluding hydrogens is 264 g/mol. The Morgan fingerprint density at radius 1 is 1.10 bits per heavy atom. The summed E-state index contributed by atoms with van der Waals surface area (Å²) in [5.74, 6) is 0. The number of nitrogens with zero attached hydrogens (tertiary/aromatic N) is 1. The topological polar surface area (TPSA) is 24.9 Å². The Balaban J connectivity index is 1.75. The summed E-state index contributed by atoms with van der Waals surface area (Å²) in [5, 5.41) is 5.45. The van der Waals surface area contributed by atoms with Crippen molar-refractivity contribution < 1.29 is 0 Å². The van der Waals surface area contributed by atoms with Gasteiger partial charge in [-0.25, -0.2) is 4.98 Å². The molecule has 1 aromatic heterocycles. The smallest absolute Gasteiger partial charge is 0.114 e. The van der Waals surface area contributed by atoms with Gasteiger partial charge in [0.05, 0.1) is 11.2 Å². The Bertz CT molecular complexity index is 492. The van der Waals surface area contributed by atoms with E-state index in [2.05, 4.69) is 19.2 Å². The summed E-state index contributed by atoms with van der Waals surface area (Å²) in [4.78, 5) is 6.73. The molecule has 3 aliphatic carbocycles. The zero-order valence-corrected chi connectivity index (χ0v) is 13.6. The predicted molar refractivity (Wildman–Crippen MR) is 84.2 cm³/mol. The molecule has 4 rings (SSSR count). The van der Waals surface area contributed by atoms with Crippen molar-refractivity contribution in [1.29, 1.82) is 0 Å². The van der Waals surface area contributed by atoms with Gasteiger partial charge in [0.1, 0.15) is 5.01 Å². The summed E-state index contributed by atoms with van der Waals surface area (Å²) in [7, 11) is 0. The van der Waals surface area contributed by atoms with E-state index in [1.165, 1.54) is 68.5 Å². The monoisotopic (exact) mass is 290 g/mol. The highest BCUT2D eigenvalue weighted by atomic mass is 32.1. The van der Waals surface area contributed by atoms with E-state index in [1.54, 1.807) is 4.88 Å². The Labute approximate surface area is 126 Å². The van der Waals surface area contributed by atoms with Gasteiger partial charge in [0.2, 0.25) is 0 Å². The first-order valence-corrected chi connectivity index (χ1v) is 9.19. The highest BCUT2D eigenvalue weighted by Crippen LogP contribution is 2.54. The summed E-state index contributed by atoms with van der Waals surface area (Å²) in [6, 6.07) is 0.758. The van der Waals surface area contributed by atoms with Crippen molar-refractivity contribution in [3.8, 4) is 0 Å². The third-order valence-electron chi connectivity index (χ3n) is 5.75. The average molecular weight is 290 g/mol. The van der Waals surface area contributed by atoms with Gasteiger partial charge in [0.15, 0.2) is 0 Å². The molecular formula is C17H26N2S. The number of aryl methyl sites for hydroxylation is 2. The minimum absolute atomic E-state index is 0.163. The molecule has 1 N–H and O–H groups in total. The molecule has 2 nitrogen and oxygen atoms in total. The average Bonchev–Trinajstić information content (AvgIpc) is 3.03. The predicted octanol–water partition coefficient (Wildman–Crippen LogP) is 4.18. The normalized spacial score (nSPS) is 32.3. The number of aromatic nitrogens is 1. The molecule has 0 aromatic carbocycles. The molecule has 2 fully saturated rings. The lowest BCUT2D eigenvalue weighted by Gasteiger charge is -2.41. The van der Waals surface area contributed by atoms with Gasteiger partial charge in [-0.3, -0.25) is 0 Å². The SMILES string of the molecule is CC1(C)CCCC1(NC1CC1)c1nc2c(s1)CCCC2. The molecule has 0 spiro atoms. The van der Waals surface area contributed by atoms with Crippen molar-refractivity contribution in [2.75, 3.05) is 0 Å². The molecule has 3 aliphatic rings. The quantitative estimate of drug-likeness (QED) is 0.903. The molecule has 1 unspecified atom stereocenters. The number of hydrogen-bond acceptors (Lipinski definition) is 3. The first-order valence-electron chi connectivity index (χ1n) is 8.37. The molecule has 20 heavy (non-hydrogen) atoms. The van der Waals surface area contributed by atoms with E-state index in [-0.39, 0.29) is 5.54 Å². The van der Waals surface area contributed by atoms with Crippen LogP contribution in [0, 0.1) is 5.41 Å². The standard InChI is InChI=1S/C17H26N2S/c1-16(2)10-5-11-17(16,19-12-8-9-12)15-18-13-6-3-4-7-14(13)20-15/h12,19H,3-11H2,1-2H3. The third kappa shape index (κ3) is 1.97. The molecule has 1 aromatic rings. The van der Waals surface area contributed by atoms with Gasteiger partial charge < -0.3 is 5.32 Å². The van der Waals surface area contributed by atoms with Gasteiger partial charge in [0.25, 0.3) is 0 Å². The fraction of sp³-hybridized carbons (Fsp3) is 0.824. The number of thiazole rings is 1. The van der Waals surface area contributed by atoms with E-state index in [0.29, 0.717) is 5.41 Å². The summed E-state index contributed by atoms with van der Waals surface area (Å²) in [6.07, 6.45) is 11.9. The summed E-state index contributed by atoms with van der Waals surface area (Å²) in [6.45, 7) is 4.91. The largest absolute Gasteiger partial charge is 0.302 e. The van der Waals surface area contributed by atoms with Gasteiger partial charge in [-0.15, -0.1) is 11.3 Å². The molecule has 0 aliphatic heterocycles. The summed E-state index contributed by atoms with van der Waals surface area (Å²) < 4.78 is 0. The van der Waals surface area contributed by atoms with E-state index < -0.39 is 0 Å². The Morgan fingerprint density at radius 2 is 1.90 bits per heavy atom. The first-order chi connectivity index (χ1) is 9.61. The van der Waals surface area contributed by atoms with Crippen LogP contribution in [0.4, 0.5) is 0 Å². The number of hydrogen-bond donors (Lipinski definition) is 1. The second-order valence-corrected chi connectivity index (χ2v) is 8.74. The third-order valence-corrected chi connectivity index (χ3v) is 7.07. The Morgan fingerprint density at radius 3 is 2.55 bits per heavy atom. The summed E-state index contributed by atoms with van der Waals surface area (Å²) in [5.41, 5.74) is 1.93. The van der Waals surface area contributed by atoms with Gasteiger partial charge in [-0.1, -0.05) is 20.3 Å². The van der Waals surface area contributed by atoms with Crippen molar-refractivity contribution in [2.45, 2.75) is 83.2 Å². The van der Waals surface area contributed by atoms with E-state index in [0.717, 1.165) is 6.04 Å². The van der Waals surface area contributed by atoms with Crippen LogP contribution in [0.2, 0.25) is 0 Å². The van der Waals surface area contributed by atoms with Crippen LogP contribution >= 0.6 is 11.3 Å². The highest BCUT2D eigenvalue weighted by molar-refractivity contribution is 7.12. The van der Waals surface area contributed by atoms with Gasteiger partial charge >= 0.3 is 0 Å². The van der Waals surface area contributed by atoms with Crippen LogP contribution in [0.3, 0.4) is 0 Å². The van der Waals surface area contributed by atoms with Crippen LogP contribution in [0.1, 0.15) is 74.4 Å². The van der Waals surface area contributed by atoms with Gasteiger partial charge in [-0.05, 0) is 56.8 Å². The highest BCUT2D eigenvalue weighted by Gasteiger charge is 2.53. The second-order valence-electron chi connectivity index (χ2n) is 7.66. The number of nitrogens with one attached hydrogen (secondary N) is 1. The summed E-state index contributed by atoms with van der Waals surface area (Å²) >= 11 is 2.03. The van der Waals surface area contributed by atoms with E-state index in [9.17, 15) is 0 Å². The van der Waals surface area contributed by atoms with Crippen molar-refractivity contribution >= 4 is 11.3 Å². The minimum Gasteiger partial charge on any atom is -0.302 e.